The number of aromatic nitrogens is 2. The summed E-state index contributed by atoms with van der Waals surface area (Å²) < 4.78 is 0. The zero-order valence-corrected chi connectivity index (χ0v) is 17.5. The Bertz CT molecular complexity index is 1000. The second kappa shape index (κ2) is 7.98. The van der Waals surface area contributed by atoms with E-state index in [2.05, 4.69) is 15.3 Å². The molecule has 142 valence electrons. The van der Waals surface area contributed by atoms with Crippen molar-refractivity contribution in [2.24, 2.45) is 0 Å². The summed E-state index contributed by atoms with van der Waals surface area (Å²) in [7, 11) is 1.81. The zero-order valence-electron chi connectivity index (χ0n) is 15.1. The van der Waals surface area contributed by atoms with Crippen LogP contribution in [0, 0.1) is 13.8 Å². The second-order valence-electron chi connectivity index (χ2n) is 6.31. The molecule has 3 rings (SSSR count). The lowest BCUT2D eigenvalue weighted by Gasteiger charge is -2.16. The van der Waals surface area contributed by atoms with Crippen LogP contribution in [-0.4, -0.2) is 34.4 Å². The van der Waals surface area contributed by atoms with Crippen LogP contribution in [0.1, 0.15) is 16.3 Å². The number of thiophene rings is 1. The van der Waals surface area contributed by atoms with Gasteiger partial charge in [-0.1, -0.05) is 29.3 Å². The minimum absolute atomic E-state index is 0.130. The molecular formula is C18H19Cl2N5OS. The molecule has 0 saturated carbocycles. The Balaban J connectivity index is 1.69. The van der Waals surface area contributed by atoms with Crippen molar-refractivity contribution in [2.75, 3.05) is 24.6 Å². The summed E-state index contributed by atoms with van der Waals surface area (Å²) in [5.74, 6) is 0.814. The van der Waals surface area contributed by atoms with Crippen molar-refractivity contribution in [1.29, 1.82) is 0 Å². The summed E-state index contributed by atoms with van der Waals surface area (Å²) in [6, 6.07) is 5.06. The summed E-state index contributed by atoms with van der Waals surface area (Å²) in [4.78, 5) is 25.1. The topological polar surface area (TPSA) is 84.1 Å². The van der Waals surface area contributed by atoms with Gasteiger partial charge in [-0.25, -0.2) is 9.97 Å². The van der Waals surface area contributed by atoms with Crippen molar-refractivity contribution in [2.45, 2.75) is 20.4 Å². The first kappa shape index (κ1) is 19.8. The maximum atomic E-state index is 12.3. The van der Waals surface area contributed by atoms with Crippen molar-refractivity contribution < 1.29 is 4.79 Å². The van der Waals surface area contributed by atoms with Crippen LogP contribution in [0.2, 0.25) is 10.0 Å². The van der Waals surface area contributed by atoms with E-state index in [4.69, 9.17) is 28.9 Å². The Morgan fingerprint density at radius 2 is 1.93 bits per heavy atom. The summed E-state index contributed by atoms with van der Waals surface area (Å²) >= 11 is 13.8. The Kier molecular flexibility index (Phi) is 5.86. The van der Waals surface area contributed by atoms with Gasteiger partial charge in [0.25, 0.3) is 0 Å². The molecule has 0 atom stereocenters. The molecule has 6 nitrogen and oxygen atoms in total. The number of nitrogens with zero attached hydrogens (tertiary/aromatic N) is 3. The number of carbonyl (C=O) groups is 1. The first-order chi connectivity index (χ1) is 12.8. The number of anilines is 2. The Labute approximate surface area is 171 Å². The number of nitrogens with one attached hydrogen (secondary N) is 1. The van der Waals surface area contributed by atoms with E-state index in [-0.39, 0.29) is 12.5 Å². The molecule has 0 unspecified atom stereocenters. The number of benzene rings is 1. The Morgan fingerprint density at radius 1 is 1.26 bits per heavy atom. The standard InChI is InChI=1S/C18H19Cl2N5OS/c1-9-10(2)27-18-15(9)17(21)22-13(23-18)7-25(3)8-14(26)24-16-11(19)5-4-6-12(16)20/h4-6H,7-8H2,1-3H3,(H,24,26)(H2,21,22,23). The highest BCUT2D eigenvalue weighted by Crippen LogP contribution is 2.32. The highest BCUT2D eigenvalue weighted by atomic mass is 35.5. The van der Waals surface area contributed by atoms with Gasteiger partial charge in [-0.05, 0) is 38.6 Å². The quantitative estimate of drug-likeness (QED) is 0.639. The predicted molar refractivity (Wildman–Crippen MR) is 113 cm³/mol. The smallest absolute Gasteiger partial charge is 0.238 e. The van der Waals surface area contributed by atoms with E-state index >= 15 is 0 Å². The van der Waals surface area contributed by atoms with Gasteiger partial charge in [-0.3, -0.25) is 9.69 Å². The van der Waals surface area contributed by atoms with Crippen LogP contribution in [0.5, 0.6) is 0 Å². The third-order valence-electron chi connectivity index (χ3n) is 4.16. The summed E-state index contributed by atoms with van der Waals surface area (Å²) in [5, 5.41) is 4.44. The third kappa shape index (κ3) is 4.32. The molecule has 27 heavy (non-hydrogen) atoms. The molecule has 3 aromatic rings. The largest absolute Gasteiger partial charge is 0.383 e. The number of rotatable bonds is 5. The summed E-state index contributed by atoms with van der Waals surface area (Å²) in [6.45, 7) is 4.58. The molecule has 0 fully saturated rings. The average molecular weight is 424 g/mol. The molecule has 1 amide bonds. The normalized spacial score (nSPS) is 11.3. The van der Waals surface area contributed by atoms with E-state index in [1.54, 1.807) is 34.4 Å². The molecule has 0 bridgehead atoms. The number of hydrogen-bond donors (Lipinski definition) is 2. The second-order valence-corrected chi connectivity index (χ2v) is 8.32. The molecule has 9 heteroatoms. The van der Waals surface area contributed by atoms with Gasteiger partial charge in [0.2, 0.25) is 5.91 Å². The fourth-order valence-electron chi connectivity index (χ4n) is 2.74. The van der Waals surface area contributed by atoms with Crippen LogP contribution in [0.15, 0.2) is 18.2 Å². The number of nitrogens with two attached hydrogens (primary N) is 1. The van der Waals surface area contributed by atoms with Crippen LogP contribution in [0.4, 0.5) is 11.5 Å². The average Bonchev–Trinajstić information content (AvgIpc) is 2.85. The van der Waals surface area contributed by atoms with Crippen molar-refractivity contribution in [3.63, 3.8) is 0 Å². The Hall–Kier alpha value is -1.93. The molecule has 1 aromatic carbocycles. The highest BCUT2D eigenvalue weighted by Gasteiger charge is 2.16. The number of para-hydroxylation sites is 1. The number of aryl methyl sites for hydroxylation is 2. The lowest BCUT2D eigenvalue weighted by atomic mass is 10.2. The van der Waals surface area contributed by atoms with E-state index in [9.17, 15) is 4.79 Å². The van der Waals surface area contributed by atoms with E-state index in [0.717, 1.165) is 15.8 Å². The van der Waals surface area contributed by atoms with Crippen molar-refractivity contribution in [3.05, 3.63) is 44.5 Å². The maximum absolute atomic E-state index is 12.3. The Morgan fingerprint density at radius 3 is 2.59 bits per heavy atom. The molecule has 2 aromatic heterocycles. The molecule has 0 aliphatic carbocycles. The molecular weight excluding hydrogens is 405 g/mol. The van der Waals surface area contributed by atoms with Gasteiger partial charge in [0.15, 0.2) is 0 Å². The van der Waals surface area contributed by atoms with Crippen LogP contribution in [0.3, 0.4) is 0 Å². The third-order valence-corrected chi connectivity index (χ3v) is 5.89. The molecule has 0 spiro atoms. The molecule has 2 heterocycles. The lowest BCUT2D eigenvalue weighted by molar-refractivity contribution is -0.117. The van der Waals surface area contributed by atoms with Gasteiger partial charge >= 0.3 is 0 Å². The zero-order chi connectivity index (χ0) is 19.7. The van der Waals surface area contributed by atoms with E-state index < -0.39 is 0 Å². The van der Waals surface area contributed by atoms with Gasteiger partial charge in [0, 0.05) is 4.88 Å². The predicted octanol–water partition coefficient (Wildman–Crippen LogP) is 4.27. The van der Waals surface area contributed by atoms with E-state index in [1.807, 2.05) is 20.9 Å². The van der Waals surface area contributed by atoms with Crippen molar-refractivity contribution in [3.8, 4) is 0 Å². The maximum Gasteiger partial charge on any atom is 0.238 e. The number of halogens is 2. The first-order valence-corrected chi connectivity index (χ1v) is 9.78. The molecule has 0 aliphatic rings. The number of carbonyl (C=O) groups excluding carboxylic acids is 1. The lowest BCUT2D eigenvalue weighted by Crippen LogP contribution is -2.30. The number of hydrogen-bond acceptors (Lipinski definition) is 6. The molecule has 0 radical (unpaired) electrons. The number of likely N-dealkylation sites (N-methyl/N-ethyl adjacent to an activating group) is 1. The van der Waals surface area contributed by atoms with E-state index in [1.165, 1.54) is 4.88 Å². The number of fused-ring (bicyclic) bond motifs is 1. The fourth-order valence-corrected chi connectivity index (χ4v) is 4.28. The SMILES string of the molecule is Cc1sc2nc(CN(C)CC(=O)Nc3c(Cl)cccc3Cl)nc(N)c2c1C. The van der Waals surface area contributed by atoms with Crippen molar-refractivity contribution >= 4 is 62.2 Å². The monoisotopic (exact) mass is 423 g/mol. The summed E-state index contributed by atoms with van der Waals surface area (Å²) in [6.07, 6.45) is 0. The van der Waals surface area contributed by atoms with E-state index in [0.29, 0.717) is 33.9 Å². The molecule has 3 N–H and O–H groups in total. The van der Waals surface area contributed by atoms with Crippen LogP contribution < -0.4 is 11.1 Å². The highest BCUT2D eigenvalue weighted by molar-refractivity contribution is 7.18. The van der Waals surface area contributed by atoms with Crippen LogP contribution in [0.25, 0.3) is 10.2 Å². The van der Waals surface area contributed by atoms with Gasteiger partial charge in [0.1, 0.15) is 16.5 Å². The minimum atomic E-state index is -0.232. The van der Waals surface area contributed by atoms with Gasteiger partial charge in [0.05, 0.1) is 34.2 Å². The van der Waals surface area contributed by atoms with Crippen LogP contribution >= 0.6 is 34.5 Å². The number of amides is 1. The summed E-state index contributed by atoms with van der Waals surface area (Å²) in [5.41, 5.74) is 7.63. The van der Waals surface area contributed by atoms with Gasteiger partial charge in [-0.15, -0.1) is 11.3 Å². The minimum Gasteiger partial charge on any atom is -0.383 e. The fraction of sp³-hybridized carbons (Fsp3) is 0.278. The molecule has 0 saturated heterocycles. The van der Waals surface area contributed by atoms with Crippen molar-refractivity contribution in [1.82, 2.24) is 14.9 Å². The number of nitrogen functional groups attached to an aromatic ring is 1. The molecule has 0 aliphatic heterocycles. The van der Waals surface area contributed by atoms with Crippen LogP contribution in [-0.2, 0) is 11.3 Å². The van der Waals surface area contributed by atoms with Gasteiger partial charge in [-0.2, -0.15) is 0 Å². The first-order valence-electron chi connectivity index (χ1n) is 8.20. The van der Waals surface area contributed by atoms with Gasteiger partial charge < -0.3 is 11.1 Å².